The number of fused-ring (bicyclic) bond motifs is 1. The third kappa shape index (κ3) is 4.41. The smallest absolute Gasteiger partial charge is 0.254 e. The van der Waals surface area contributed by atoms with E-state index in [4.69, 9.17) is 14.5 Å². The van der Waals surface area contributed by atoms with Crippen molar-refractivity contribution in [3.05, 3.63) is 71.7 Å². The summed E-state index contributed by atoms with van der Waals surface area (Å²) in [4.78, 5) is 26.6. The summed E-state index contributed by atoms with van der Waals surface area (Å²) in [6.45, 7) is 2.55. The molecule has 1 fully saturated rings. The maximum absolute atomic E-state index is 13.3. The normalized spacial score (nSPS) is 18.1. The lowest BCUT2D eigenvalue weighted by Gasteiger charge is -2.33. The molecule has 2 aliphatic heterocycles. The second-order valence-corrected chi connectivity index (χ2v) is 8.54. The lowest BCUT2D eigenvalue weighted by Crippen LogP contribution is -2.42. The summed E-state index contributed by atoms with van der Waals surface area (Å²) in [7, 11) is 3.75. The molecule has 2 aromatic carbocycles. The SMILES string of the molecule is COc1ccc(-c2cncc([C@H]3CN(C(=O)c4ccc5c(c4)CCCN5C)CCO3)n2)cc1. The number of amides is 1. The Kier molecular flexibility index (Phi) is 5.96. The predicted molar refractivity (Wildman–Crippen MR) is 127 cm³/mol. The highest BCUT2D eigenvalue weighted by Gasteiger charge is 2.28. The Labute approximate surface area is 194 Å². The summed E-state index contributed by atoms with van der Waals surface area (Å²) in [6.07, 6.45) is 5.28. The van der Waals surface area contributed by atoms with E-state index in [1.54, 1.807) is 19.5 Å². The third-order valence-electron chi connectivity index (χ3n) is 6.40. The van der Waals surface area contributed by atoms with E-state index in [9.17, 15) is 4.79 Å². The van der Waals surface area contributed by atoms with Crippen molar-refractivity contribution in [3.63, 3.8) is 0 Å². The summed E-state index contributed by atoms with van der Waals surface area (Å²) in [5, 5.41) is 0. The van der Waals surface area contributed by atoms with Crippen LogP contribution in [0.1, 0.15) is 34.1 Å². The molecule has 0 radical (unpaired) electrons. The zero-order valence-corrected chi connectivity index (χ0v) is 19.0. The number of nitrogens with zero attached hydrogens (tertiary/aromatic N) is 4. The van der Waals surface area contributed by atoms with Crippen LogP contribution in [0.25, 0.3) is 11.3 Å². The fraction of sp³-hybridized carbons (Fsp3) is 0.346. The van der Waals surface area contributed by atoms with Gasteiger partial charge in [0.2, 0.25) is 0 Å². The van der Waals surface area contributed by atoms with E-state index in [-0.39, 0.29) is 12.0 Å². The minimum Gasteiger partial charge on any atom is -0.497 e. The number of ether oxygens (including phenoxy) is 2. The van der Waals surface area contributed by atoms with Gasteiger partial charge in [-0.1, -0.05) is 0 Å². The largest absolute Gasteiger partial charge is 0.497 e. The van der Waals surface area contributed by atoms with E-state index in [0.29, 0.717) is 19.7 Å². The Hall–Kier alpha value is -3.45. The minimum absolute atomic E-state index is 0.0404. The molecule has 33 heavy (non-hydrogen) atoms. The Bertz CT molecular complexity index is 1150. The minimum atomic E-state index is -0.308. The van der Waals surface area contributed by atoms with Crippen molar-refractivity contribution < 1.29 is 14.3 Å². The number of hydrogen-bond donors (Lipinski definition) is 0. The Balaban J connectivity index is 1.33. The van der Waals surface area contributed by atoms with Crippen LogP contribution in [0, 0.1) is 0 Å². The Morgan fingerprint density at radius 1 is 1.12 bits per heavy atom. The number of hydrogen-bond acceptors (Lipinski definition) is 6. The van der Waals surface area contributed by atoms with Gasteiger partial charge in [-0.15, -0.1) is 0 Å². The molecule has 170 valence electrons. The van der Waals surface area contributed by atoms with Gasteiger partial charge in [0.1, 0.15) is 11.9 Å². The molecular formula is C26H28N4O3. The van der Waals surface area contributed by atoms with E-state index in [1.165, 1.54) is 11.3 Å². The zero-order valence-electron chi connectivity index (χ0n) is 19.0. The highest BCUT2D eigenvalue weighted by molar-refractivity contribution is 5.95. The molecule has 5 rings (SSSR count). The number of aromatic nitrogens is 2. The third-order valence-corrected chi connectivity index (χ3v) is 6.40. The van der Waals surface area contributed by atoms with E-state index in [2.05, 4.69) is 29.1 Å². The number of rotatable bonds is 4. The molecule has 0 spiro atoms. The van der Waals surface area contributed by atoms with Crippen molar-refractivity contribution >= 4 is 11.6 Å². The molecule has 0 unspecified atom stereocenters. The van der Waals surface area contributed by atoms with Crippen molar-refractivity contribution in [1.29, 1.82) is 0 Å². The zero-order chi connectivity index (χ0) is 22.8. The van der Waals surface area contributed by atoms with Gasteiger partial charge in [-0.05, 0) is 60.9 Å². The van der Waals surface area contributed by atoms with Gasteiger partial charge in [-0.25, -0.2) is 4.98 Å². The average Bonchev–Trinajstić information content (AvgIpc) is 2.88. The van der Waals surface area contributed by atoms with Crippen LogP contribution in [0.15, 0.2) is 54.9 Å². The molecule has 0 aliphatic carbocycles. The predicted octanol–water partition coefficient (Wildman–Crippen LogP) is 3.75. The topological polar surface area (TPSA) is 67.8 Å². The first kappa shape index (κ1) is 21.4. The molecule has 7 heteroatoms. The molecule has 2 aliphatic rings. The van der Waals surface area contributed by atoms with Crippen LogP contribution in [-0.2, 0) is 11.2 Å². The van der Waals surface area contributed by atoms with Crippen LogP contribution in [0.4, 0.5) is 5.69 Å². The number of carbonyl (C=O) groups excluding carboxylic acids is 1. The average molecular weight is 445 g/mol. The van der Waals surface area contributed by atoms with Gasteiger partial charge in [-0.3, -0.25) is 9.78 Å². The first-order chi connectivity index (χ1) is 16.1. The second-order valence-electron chi connectivity index (χ2n) is 8.54. The number of carbonyl (C=O) groups is 1. The van der Waals surface area contributed by atoms with Gasteiger partial charge in [0.05, 0.1) is 44.0 Å². The van der Waals surface area contributed by atoms with E-state index in [0.717, 1.165) is 47.7 Å². The van der Waals surface area contributed by atoms with Gasteiger partial charge < -0.3 is 19.3 Å². The van der Waals surface area contributed by atoms with Crippen LogP contribution >= 0.6 is 0 Å². The number of morpholine rings is 1. The van der Waals surface area contributed by atoms with Crippen molar-refractivity contribution in [2.45, 2.75) is 18.9 Å². The van der Waals surface area contributed by atoms with Crippen LogP contribution in [0.2, 0.25) is 0 Å². The van der Waals surface area contributed by atoms with Crippen molar-refractivity contribution in [2.75, 3.05) is 45.3 Å². The van der Waals surface area contributed by atoms with Crippen LogP contribution in [0.5, 0.6) is 5.75 Å². The van der Waals surface area contributed by atoms with Gasteiger partial charge in [0.15, 0.2) is 0 Å². The highest BCUT2D eigenvalue weighted by atomic mass is 16.5. The maximum Gasteiger partial charge on any atom is 0.254 e. The number of methoxy groups -OCH3 is 1. The van der Waals surface area contributed by atoms with Crippen molar-refractivity contribution in [3.8, 4) is 17.0 Å². The van der Waals surface area contributed by atoms with Crippen molar-refractivity contribution in [2.24, 2.45) is 0 Å². The Morgan fingerprint density at radius 3 is 2.79 bits per heavy atom. The molecule has 1 saturated heterocycles. The van der Waals surface area contributed by atoms with Gasteiger partial charge in [-0.2, -0.15) is 0 Å². The van der Waals surface area contributed by atoms with Gasteiger partial charge >= 0.3 is 0 Å². The molecule has 3 heterocycles. The summed E-state index contributed by atoms with van der Waals surface area (Å²) >= 11 is 0. The number of anilines is 1. The van der Waals surface area contributed by atoms with Crippen LogP contribution < -0.4 is 9.64 Å². The molecule has 1 amide bonds. The van der Waals surface area contributed by atoms with Gasteiger partial charge in [0, 0.05) is 37.0 Å². The van der Waals surface area contributed by atoms with Crippen molar-refractivity contribution in [1.82, 2.24) is 14.9 Å². The maximum atomic E-state index is 13.3. The summed E-state index contributed by atoms with van der Waals surface area (Å²) < 4.78 is 11.2. The molecule has 1 atom stereocenters. The van der Waals surface area contributed by atoms with Crippen LogP contribution in [-0.4, -0.2) is 61.2 Å². The molecule has 0 saturated carbocycles. The highest BCUT2D eigenvalue weighted by Crippen LogP contribution is 2.29. The van der Waals surface area contributed by atoms with Gasteiger partial charge in [0.25, 0.3) is 5.91 Å². The summed E-state index contributed by atoms with van der Waals surface area (Å²) in [5.74, 6) is 0.833. The van der Waals surface area contributed by atoms with E-state index >= 15 is 0 Å². The summed E-state index contributed by atoms with van der Waals surface area (Å²) in [5.41, 5.74) is 5.66. The first-order valence-corrected chi connectivity index (χ1v) is 11.3. The molecule has 3 aromatic rings. The molecular weight excluding hydrogens is 416 g/mol. The quantitative estimate of drug-likeness (QED) is 0.611. The summed E-state index contributed by atoms with van der Waals surface area (Å²) in [6, 6.07) is 13.8. The molecule has 7 nitrogen and oxygen atoms in total. The van der Waals surface area contributed by atoms with E-state index < -0.39 is 0 Å². The fourth-order valence-electron chi connectivity index (χ4n) is 4.55. The molecule has 0 N–H and O–H groups in total. The van der Waals surface area contributed by atoms with E-state index in [1.807, 2.05) is 35.2 Å². The lowest BCUT2D eigenvalue weighted by molar-refractivity contribution is -0.0248. The lowest BCUT2D eigenvalue weighted by atomic mass is 9.99. The molecule has 1 aromatic heterocycles. The fourth-order valence-corrected chi connectivity index (χ4v) is 4.55. The first-order valence-electron chi connectivity index (χ1n) is 11.3. The Morgan fingerprint density at radius 2 is 1.97 bits per heavy atom. The number of aryl methyl sites for hydroxylation is 1. The number of benzene rings is 2. The van der Waals surface area contributed by atoms with Crippen LogP contribution in [0.3, 0.4) is 0 Å². The second kappa shape index (κ2) is 9.19. The monoisotopic (exact) mass is 444 g/mol. The molecule has 0 bridgehead atoms. The standard InChI is InChI=1S/C26H28N4O3/c1-29-11-3-4-19-14-20(7-10-24(19)29)26(31)30-12-13-33-25(17-30)23-16-27-15-22(28-23)18-5-8-21(32-2)9-6-18/h5-10,14-16,25H,3-4,11-13,17H2,1-2H3/t25-/m1/s1.